The summed E-state index contributed by atoms with van der Waals surface area (Å²) in [4.78, 5) is 0. The summed E-state index contributed by atoms with van der Waals surface area (Å²) in [5.41, 5.74) is 4.34. The molecule has 98 valence electrons. The number of nitrogens with zero attached hydrogens (tertiary/aromatic N) is 2. The van der Waals surface area contributed by atoms with Crippen molar-refractivity contribution in [1.82, 2.24) is 9.78 Å². The lowest BCUT2D eigenvalue weighted by molar-refractivity contribution is 0.491. The van der Waals surface area contributed by atoms with Crippen LogP contribution in [0.3, 0.4) is 0 Å². The Morgan fingerprint density at radius 1 is 0.941 bits per heavy atom. The van der Waals surface area contributed by atoms with E-state index in [4.69, 9.17) is 5.10 Å². The van der Waals surface area contributed by atoms with Gasteiger partial charge in [-0.15, -0.1) is 0 Å². The molecule has 0 aromatic carbocycles. The van der Waals surface area contributed by atoms with Crippen LogP contribution < -0.4 is 0 Å². The van der Waals surface area contributed by atoms with Gasteiger partial charge in [-0.1, -0.05) is 55.4 Å². The van der Waals surface area contributed by atoms with Crippen molar-refractivity contribution >= 4 is 0 Å². The molecule has 0 atom stereocenters. The first kappa shape index (κ1) is 14.3. The summed E-state index contributed by atoms with van der Waals surface area (Å²) in [5.74, 6) is 0.478. The topological polar surface area (TPSA) is 17.8 Å². The zero-order valence-electron chi connectivity index (χ0n) is 13.0. The van der Waals surface area contributed by atoms with Crippen LogP contribution in [-0.2, 0) is 17.9 Å². The fraction of sp³-hybridized carbons (Fsp3) is 0.800. The van der Waals surface area contributed by atoms with Crippen LogP contribution >= 0.6 is 0 Å². The molecule has 0 N–H and O–H groups in total. The van der Waals surface area contributed by atoms with Crippen LogP contribution in [-0.4, -0.2) is 9.78 Å². The van der Waals surface area contributed by atoms with Crippen LogP contribution in [0.1, 0.15) is 78.3 Å². The van der Waals surface area contributed by atoms with Crippen LogP contribution in [0.4, 0.5) is 0 Å². The molecule has 0 aliphatic heterocycles. The molecule has 0 aliphatic rings. The molecule has 0 radical (unpaired) electrons. The zero-order chi connectivity index (χ0) is 13.6. The van der Waals surface area contributed by atoms with Crippen molar-refractivity contribution in [3.8, 4) is 0 Å². The Hall–Kier alpha value is -0.790. The number of aryl methyl sites for hydroxylation is 1. The van der Waals surface area contributed by atoms with Crippen LogP contribution in [0.15, 0.2) is 0 Å². The first-order valence-corrected chi connectivity index (χ1v) is 6.54. The lowest BCUT2D eigenvalue weighted by atomic mass is 9.77. The molecule has 0 fully saturated rings. The standard InChI is InChI=1S/C15H28N2/c1-10(2)12-11(14(3,4)5)13(15(6,7)8)17(9)16-12/h10H,1-9H3. The zero-order valence-corrected chi connectivity index (χ0v) is 13.0. The molecule has 0 spiro atoms. The number of rotatable bonds is 1. The van der Waals surface area contributed by atoms with E-state index < -0.39 is 0 Å². The predicted molar refractivity (Wildman–Crippen MR) is 74.7 cm³/mol. The van der Waals surface area contributed by atoms with E-state index >= 15 is 0 Å². The highest BCUT2D eigenvalue weighted by molar-refractivity contribution is 5.38. The second-order valence-corrected chi connectivity index (χ2v) is 7.39. The van der Waals surface area contributed by atoms with Gasteiger partial charge in [-0.25, -0.2) is 0 Å². The highest BCUT2D eigenvalue weighted by Crippen LogP contribution is 2.38. The van der Waals surface area contributed by atoms with Crippen LogP contribution in [0.5, 0.6) is 0 Å². The summed E-state index contributed by atoms with van der Waals surface area (Å²) < 4.78 is 2.08. The average Bonchev–Trinajstić information content (AvgIpc) is 2.40. The Morgan fingerprint density at radius 2 is 1.41 bits per heavy atom. The second kappa shape index (κ2) is 4.15. The van der Waals surface area contributed by atoms with E-state index in [1.165, 1.54) is 17.0 Å². The van der Waals surface area contributed by atoms with E-state index in [1.54, 1.807) is 0 Å². The molecule has 0 unspecified atom stereocenters. The minimum absolute atomic E-state index is 0.136. The number of aromatic nitrogens is 2. The Bertz CT molecular complexity index is 398. The largest absolute Gasteiger partial charge is 0.272 e. The van der Waals surface area contributed by atoms with Gasteiger partial charge in [0.05, 0.1) is 5.69 Å². The molecule has 0 bridgehead atoms. The molecule has 1 heterocycles. The van der Waals surface area contributed by atoms with Gasteiger partial charge >= 0.3 is 0 Å². The highest BCUT2D eigenvalue weighted by atomic mass is 15.3. The van der Waals surface area contributed by atoms with Crippen molar-refractivity contribution in [3.63, 3.8) is 0 Å². The lowest BCUT2D eigenvalue weighted by Gasteiger charge is -2.28. The van der Waals surface area contributed by atoms with Crippen molar-refractivity contribution in [1.29, 1.82) is 0 Å². The molecule has 0 saturated carbocycles. The summed E-state index contributed by atoms with van der Waals surface area (Å²) in [6.45, 7) is 18.1. The molecule has 17 heavy (non-hydrogen) atoms. The Labute approximate surface area is 106 Å². The van der Waals surface area contributed by atoms with Gasteiger partial charge in [-0.05, 0) is 11.3 Å². The summed E-state index contributed by atoms with van der Waals surface area (Å²) in [5, 5.41) is 4.76. The normalized spacial score (nSPS) is 13.5. The first-order valence-electron chi connectivity index (χ1n) is 6.54. The third-order valence-corrected chi connectivity index (χ3v) is 3.08. The maximum Gasteiger partial charge on any atom is 0.0690 e. The van der Waals surface area contributed by atoms with E-state index in [-0.39, 0.29) is 10.8 Å². The monoisotopic (exact) mass is 236 g/mol. The molecule has 2 nitrogen and oxygen atoms in total. The summed E-state index contributed by atoms with van der Waals surface area (Å²) in [6.07, 6.45) is 0. The van der Waals surface area contributed by atoms with Crippen molar-refractivity contribution < 1.29 is 0 Å². The van der Waals surface area contributed by atoms with Gasteiger partial charge in [-0.2, -0.15) is 5.10 Å². The van der Waals surface area contributed by atoms with E-state index in [1.807, 2.05) is 0 Å². The lowest BCUT2D eigenvalue weighted by Crippen LogP contribution is -2.24. The molecule has 1 aromatic rings. The SMILES string of the molecule is CC(C)c1nn(C)c(C(C)(C)C)c1C(C)(C)C. The fourth-order valence-electron chi connectivity index (χ4n) is 2.55. The fourth-order valence-corrected chi connectivity index (χ4v) is 2.55. The van der Waals surface area contributed by atoms with Crippen LogP contribution in [0.25, 0.3) is 0 Å². The summed E-state index contributed by atoms with van der Waals surface area (Å²) in [6, 6.07) is 0. The molecular weight excluding hydrogens is 208 g/mol. The van der Waals surface area contributed by atoms with Gasteiger partial charge in [0.1, 0.15) is 0 Å². The summed E-state index contributed by atoms with van der Waals surface area (Å²) >= 11 is 0. The minimum atomic E-state index is 0.136. The number of hydrogen-bond donors (Lipinski definition) is 0. The van der Waals surface area contributed by atoms with Crippen molar-refractivity contribution in [2.45, 2.75) is 72.1 Å². The van der Waals surface area contributed by atoms with E-state index in [9.17, 15) is 0 Å². The van der Waals surface area contributed by atoms with E-state index in [0.717, 1.165) is 0 Å². The molecule has 0 saturated heterocycles. The van der Waals surface area contributed by atoms with Gasteiger partial charge in [-0.3, -0.25) is 4.68 Å². The maximum atomic E-state index is 4.76. The summed E-state index contributed by atoms with van der Waals surface area (Å²) in [7, 11) is 2.07. The van der Waals surface area contributed by atoms with Crippen molar-refractivity contribution in [2.75, 3.05) is 0 Å². The van der Waals surface area contributed by atoms with E-state index in [0.29, 0.717) is 5.92 Å². The molecule has 1 aromatic heterocycles. The van der Waals surface area contributed by atoms with Crippen LogP contribution in [0, 0.1) is 0 Å². The molecule has 0 amide bonds. The average molecular weight is 236 g/mol. The van der Waals surface area contributed by atoms with Gasteiger partial charge in [0.25, 0.3) is 0 Å². The Morgan fingerprint density at radius 3 is 1.71 bits per heavy atom. The Kier molecular flexibility index (Phi) is 3.48. The maximum absolute atomic E-state index is 4.76. The third-order valence-electron chi connectivity index (χ3n) is 3.08. The first-order chi connectivity index (χ1) is 7.46. The quantitative estimate of drug-likeness (QED) is 0.716. The molecule has 2 heteroatoms. The number of hydrogen-bond acceptors (Lipinski definition) is 1. The van der Waals surface area contributed by atoms with Crippen molar-refractivity contribution in [2.24, 2.45) is 7.05 Å². The van der Waals surface area contributed by atoms with E-state index in [2.05, 4.69) is 67.1 Å². The second-order valence-electron chi connectivity index (χ2n) is 7.39. The van der Waals surface area contributed by atoms with Gasteiger partial charge in [0.2, 0.25) is 0 Å². The minimum Gasteiger partial charge on any atom is -0.272 e. The third kappa shape index (κ3) is 2.72. The molecule has 1 rings (SSSR count). The Balaban J connectivity index is 3.61. The smallest absolute Gasteiger partial charge is 0.0690 e. The molecular formula is C15H28N2. The van der Waals surface area contributed by atoms with Gasteiger partial charge in [0.15, 0.2) is 0 Å². The highest BCUT2D eigenvalue weighted by Gasteiger charge is 2.33. The molecule has 0 aliphatic carbocycles. The predicted octanol–water partition coefficient (Wildman–Crippen LogP) is 4.14. The van der Waals surface area contributed by atoms with Gasteiger partial charge < -0.3 is 0 Å². The van der Waals surface area contributed by atoms with Crippen LogP contribution in [0.2, 0.25) is 0 Å². The van der Waals surface area contributed by atoms with Gasteiger partial charge in [0, 0.05) is 23.7 Å². The van der Waals surface area contributed by atoms with Crippen molar-refractivity contribution in [3.05, 3.63) is 17.0 Å².